The van der Waals surface area contributed by atoms with E-state index in [0.29, 0.717) is 6.42 Å². The lowest BCUT2D eigenvalue weighted by Gasteiger charge is -2.46. The SMILES string of the molecule is CCCCCCCCC/C=C/[C@@H](O)[C@H](CO[C@@H]1O[C@H](CO)[C@@H](O[C@@H]2O[C@H](CO)[C@H](O)C(O)C2O)C(O)C1O)NC(=O)CCCCCCCCCC. The van der Waals surface area contributed by atoms with E-state index in [1.165, 1.54) is 57.8 Å². The van der Waals surface area contributed by atoms with Crippen LogP contribution in [0, 0.1) is 0 Å². The Hall–Kier alpha value is -1.27. The van der Waals surface area contributed by atoms with Crippen LogP contribution in [-0.4, -0.2) is 140 Å². The fourth-order valence-corrected chi connectivity index (χ4v) is 6.40. The van der Waals surface area contributed by atoms with E-state index < -0.39 is 86.8 Å². The van der Waals surface area contributed by atoms with E-state index in [9.17, 15) is 45.6 Å². The van der Waals surface area contributed by atoms with Gasteiger partial charge in [-0.15, -0.1) is 0 Å². The molecule has 0 spiro atoms. The molecule has 1 amide bonds. The Balaban J connectivity index is 1.99. The number of unbranched alkanes of at least 4 members (excludes halogenated alkanes) is 14. The van der Waals surface area contributed by atoms with Crippen LogP contribution in [0.3, 0.4) is 0 Å². The number of amides is 1. The zero-order valence-corrected chi connectivity index (χ0v) is 30.8. The van der Waals surface area contributed by atoms with Crippen molar-refractivity contribution in [1.29, 1.82) is 0 Å². The number of carbonyl (C=O) groups is 1. The molecule has 14 nitrogen and oxygen atoms in total. The Bertz CT molecular complexity index is 925. The quantitative estimate of drug-likeness (QED) is 0.0433. The average molecular weight is 736 g/mol. The molecular weight excluding hydrogens is 666 g/mol. The van der Waals surface area contributed by atoms with Crippen LogP contribution >= 0.6 is 0 Å². The van der Waals surface area contributed by atoms with Gasteiger partial charge in [0.15, 0.2) is 12.6 Å². The van der Waals surface area contributed by atoms with Gasteiger partial charge in [0.25, 0.3) is 0 Å². The number of hydrogen-bond acceptors (Lipinski definition) is 13. The Morgan fingerprint density at radius 2 is 1.22 bits per heavy atom. The first-order valence-corrected chi connectivity index (χ1v) is 19.4. The zero-order chi connectivity index (χ0) is 37.6. The fraction of sp³-hybridized carbons (Fsp3) is 0.919. The van der Waals surface area contributed by atoms with Gasteiger partial charge in [0.1, 0.15) is 48.8 Å². The van der Waals surface area contributed by atoms with Crippen molar-refractivity contribution in [2.24, 2.45) is 0 Å². The summed E-state index contributed by atoms with van der Waals surface area (Å²) in [6.45, 7) is 2.66. The zero-order valence-electron chi connectivity index (χ0n) is 30.8. The minimum absolute atomic E-state index is 0.250. The summed E-state index contributed by atoms with van der Waals surface area (Å²) in [7, 11) is 0. The molecule has 2 heterocycles. The van der Waals surface area contributed by atoms with Crippen molar-refractivity contribution in [3.63, 3.8) is 0 Å². The van der Waals surface area contributed by atoms with Crippen molar-refractivity contribution < 1.29 is 64.6 Å². The normalized spacial score (nSPS) is 31.2. The highest BCUT2D eigenvalue weighted by Gasteiger charge is 2.50. The second kappa shape index (κ2) is 26.5. The lowest BCUT2D eigenvalue weighted by Crippen LogP contribution is -2.65. The number of allylic oxidation sites excluding steroid dienone is 1. The predicted octanol–water partition coefficient (Wildman–Crippen LogP) is 1.70. The molecule has 0 aromatic carbocycles. The van der Waals surface area contributed by atoms with Gasteiger partial charge in [-0.1, -0.05) is 109 Å². The van der Waals surface area contributed by atoms with Gasteiger partial charge in [-0.3, -0.25) is 4.79 Å². The van der Waals surface area contributed by atoms with Gasteiger partial charge in [0, 0.05) is 6.42 Å². The number of hydrogen-bond donors (Lipinski definition) is 9. The third-order valence-corrected chi connectivity index (χ3v) is 9.72. The van der Waals surface area contributed by atoms with Gasteiger partial charge in [0.05, 0.1) is 32.0 Å². The van der Waals surface area contributed by atoms with E-state index in [0.717, 1.165) is 38.5 Å². The monoisotopic (exact) mass is 735 g/mol. The van der Waals surface area contributed by atoms with E-state index in [-0.39, 0.29) is 18.9 Å². The molecule has 12 atom stereocenters. The maximum Gasteiger partial charge on any atom is 0.220 e. The number of carbonyl (C=O) groups excluding carboxylic acids is 1. The summed E-state index contributed by atoms with van der Waals surface area (Å²) in [5.74, 6) is -0.250. The molecule has 9 N–H and O–H groups in total. The van der Waals surface area contributed by atoms with Crippen molar-refractivity contribution in [2.75, 3.05) is 19.8 Å². The highest BCUT2D eigenvalue weighted by Crippen LogP contribution is 2.29. The van der Waals surface area contributed by atoms with Gasteiger partial charge in [-0.05, 0) is 19.3 Å². The number of ether oxygens (including phenoxy) is 4. The number of aliphatic hydroxyl groups is 8. The second-order valence-corrected chi connectivity index (χ2v) is 14.1. The molecule has 0 aromatic heterocycles. The molecule has 300 valence electrons. The molecule has 51 heavy (non-hydrogen) atoms. The smallest absolute Gasteiger partial charge is 0.220 e. The van der Waals surface area contributed by atoms with Crippen LogP contribution in [0.15, 0.2) is 12.2 Å². The number of nitrogens with one attached hydrogen (secondary N) is 1. The molecule has 0 saturated carbocycles. The summed E-state index contributed by atoms with van der Waals surface area (Å²) < 4.78 is 22.5. The summed E-state index contributed by atoms with van der Waals surface area (Å²) in [5.41, 5.74) is 0. The first-order valence-electron chi connectivity index (χ1n) is 19.4. The Labute approximate surface area is 304 Å². The van der Waals surface area contributed by atoms with Gasteiger partial charge < -0.3 is 65.1 Å². The topological polar surface area (TPSA) is 228 Å². The molecular formula is C37H69NO13. The molecule has 2 fully saturated rings. The lowest BCUT2D eigenvalue weighted by atomic mass is 9.97. The van der Waals surface area contributed by atoms with E-state index in [1.54, 1.807) is 6.08 Å². The maximum absolute atomic E-state index is 12.9. The lowest BCUT2D eigenvalue weighted by molar-refractivity contribution is -0.359. The van der Waals surface area contributed by atoms with Crippen molar-refractivity contribution >= 4 is 5.91 Å². The van der Waals surface area contributed by atoms with Gasteiger partial charge in [-0.2, -0.15) is 0 Å². The van der Waals surface area contributed by atoms with Gasteiger partial charge in [-0.25, -0.2) is 0 Å². The molecule has 2 aliphatic heterocycles. The van der Waals surface area contributed by atoms with Crippen LogP contribution in [0.5, 0.6) is 0 Å². The summed E-state index contributed by atoms with van der Waals surface area (Å²) in [6.07, 6.45) is 4.45. The molecule has 0 aromatic rings. The number of aliphatic hydroxyl groups excluding tert-OH is 8. The van der Waals surface area contributed by atoms with Crippen LogP contribution in [0.1, 0.15) is 123 Å². The third kappa shape index (κ3) is 16.3. The third-order valence-electron chi connectivity index (χ3n) is 9.72. The fourth-order valence-electron chi connectivity index (χ4n) is 6.40. The molecule has 14 heteroatoms. The van der Waals surface area contributed by atoms with E-state index in [4.69, 9.17) is 18.9 Å². The Kier molecular flexibility index (Phi) is 23.8. The van der Waals surface area contributed by atoms with Crippen LogP contribution in [0.4, 0.5) is 0 Å². The molecule has 2 aliphatic rings. The van der Waals surface area contributed by atoms with Crippen molar-refractivity contribution in [1.82, 2.24) is 5.32 Å². The summed E-state index contributed by atoms with van der Waals surface area (Å²) >= 11 is 0. The Morgan fingerprint density at radius 3 is 1.80 bits per heavy atom. The van der Waals surface area contributed by atoms with E-state index in [1.807, 2.05) is 6.08 Å². The first kappa shape index (κ1) is 45.9. The van der Waals surface area contributed by atoms with Crippen LogP contribution < -0.4 is 5.32 Å². The van der Waals surface area contributed by atoms with Gasteiger partial charge in [0.2, 0.25) is 5.91 Å². The largest absolute Gasteiger partial charge is 0.394 e. The molecule has 0 aliphatic carbocycles. The van der Waals surface area contributed by atoms with Crippen LogP contribution in [0.2, 0.25) is 0 Å². The minimum atomic E-state index is -1.78. The van der Waals surface area contributed by atoms with Gasteiger partial charge >= 0.3 is 0 Å². The summed E-state index contributed by atoms with van der Waals surface area (Å²) in [4.78, 5) is 12.9. The molecule has 2 rings (SSSR count). The molecule has 2 saturated heterocycles. The molecule has 0 radical (unpaired) electrons. The van der Waals surface area contributed by atoms with Crippen molar-refractivity contribution in [3.05, 3.63) is 12.2 Å². The highest BCUT2D eigenvalue weighted by atomic mass is 16.7. The van der Waals surface area contributed by atoms with Crippen LogP contribution in [-0.2, 0) is 23.7 Å². The second-order valence-electron chi connectivity index (χ2n) is 14.1. The summed E-state index contributed by atoms with van der Waals surface area (Å²) in [5, 5.41) is 85.8. The predicted molar refractivity (Wildman–Crippen MR) is 189 cm³/mol. The highest BCUT2D eigenvalue weighted by molar-refractivity contribution is 5.76. The molecule has 0 bridgehead atoms. The summed E-state index contributed by atoms with van der Waals surface area (Å²) in [6, 6.07) is -0.902. The molecule has 4 unspecified atom stereocenters. The van der Waals surface area contributed by atoms with Crippen molar-refractivity contribution in [3.8, 4) is 0 Å². The minimum Gasteiger partial charge on any atom is -0.394 e. The average Bonchev–Trinajstić information content (AvgIpc) is 3.12. The van der Waals surface area contributed by atoms with E-state index in [2.05, 4.69) is 19.2 Å². The standard InChI is InChI=1S/C37H69NO13/c1-3-5-7-9-11-13-14-16-18-20-26(41)25(38-29(42)21-19-17-15-12-10-8-6-4-2)24-48-36-34(47)32(45)35(28(23-40)50-36)51-37-33(46)31(44)30(43)27(22-39)49-37/h18,20,25-28,30-37,39-41,43-47H,3-17,19,21-24H2,1-2H3,(H,38,42)/b20-18+/t25-,26+,27+,28+,30-,31?,32?,33?,34?,35+,36+,37-/m0/s1. The van der Waals surface area contributed by atoms with E-state index >= 15 is 0 Å². The number of rotatable bonds is 27. The van der Waals surface area contributed by atoms with Crippen LogP contribution in [0.25, 0.3) is 0 Å². The maximum atomic E-state index is 12.9. The van der Waals surface area contributed by atoms with Crippen molar-refractivity contribution in [2.45, 2.75) is 197 Å². The Morgan fingerprint density at radius 1 is 0.686 bits per heavy atom. The first-order chi connectivity index (χ1) is 24.6.